The molecule has 16 heavy (non-hydrogen) atoms. The fourth-order valence-electron chi connectivity index (χ4n) is 1.29. The summed E-state index contributed by atoms with van der Waals surface area (Å²) in [5.74, 6) is 3.15. The summed E-state index contributed by atoms with van der Waals surface area (Å²) in [6.45, 7) is 0.656. The molecule has 5 nitrogen and oxygen atoms in total. The molecular formula is C11H11N5. The molecule has 0 amide bonds. The number of rotatable bonds is 4. The van der Waals surface area contributed by atoms with Crippen molar-refractivity contribution in [3.8, 4) is 18.0 Å². The Labute approximate surface area is 93.5 Å². The van der Waals surface area contributed by atoms with Gasteiger partial charge in [0.2, 0.25) is 5.95 Å². The van der Waals surface area contributed by atoms with Gasteiger partial charge in [-0.05, 0) is 22.6 Å². The van der Waals surface area contributed by atoms with Crippen LogP contribution in [0.3, 0.4) is 0 Å². The van der Waals surface area contributed by atoms with E-state index < -0.39 is 0 Å². The fraction of sp³-hybridized carbons (Fsp3) is 0.182. The van der Waals surface area contributed by atoms with Crippen LogP contribution in [-0.2, 0) is 0 Å². The molecular weight excluding hydrogens is 202 g/mol. The van der Waals surface area contributed by atoms with Crippen LogP contribution in [0, 0.1) is 12.3 Å². The molecule has 0 fully saturated rings. The summed E-state index contributed by atoms with van der Waals surface area (Å²) in [6.07, 6.45) is 5.81. The Balaban J connectivity index is 2.17. The number of tetrazole rings is 1. The largest absolute Gasteiger partial charge is 0.352 e. The zero-order valence-corrected chi connectivity index (χ0v) is 8.67. The van der Waals surface area contributed by atoms with Crippen LogP contribution in [0.15, 0.2) is 30.3 Å². The van der Waals surface area contributed by atoms with Crippen molar-refractivity contribution in [1.82, 2.24) is 20.2 Å². The van der Waals surface area contributed by atoms with Gasteiger partial charge in [0.15, 0.2) is 0 Å². The van der Waals surface area contributed by atoms with Crippen LogP contribution in [0.5, 0.6) is 0 Å². The van der Waals surface area contributed by atoms with Crippen molar-refractivity contribution in [2.24, 2.45) is 0 Å². The van der Waals surface area contributed by atoms with Crippen molar-refractivity contribution in [2.45, 2.75) is 6.42 Å². The summed E-state index contributed by atoms with van der Waals surface area (Å²) in [4.78, 5) is 0. The first kappa shape index (κ1) is 10.2. The third-order valence-electron chi connectivity index (χ3n) is 2.02. The summed E-state index contributed by atoms with van der Waals surface area (Å²) in [6, 6.07) is 9.68. The molecule has 2 rings (SSSR count). The lowest BCUT2D eigenvalue weighted by Crippen LogP contribution is -2.08. The normalized spacial score (nSPS) is 9.69. The number of nitrogens with zero attached hydrogens (tertiary/aromatic N) is 4. The van der Waals surface area contributed by atoms with E-state index >= 15 is 0 Å². The summed E-state index contributed by atoms with van der Waals surface area (Å²) >= 11 is 0. The lowest BCUT2D eigenvalue weighted by Gasteiger charge is -2.04. The predicted octanol–water partition coefficient (Wildman–Crippen LogP) is 1.10. The maximum absolute atomic E-state index is 5.17. The molecule has 1 aromatic carbocycles. The van der Waals surface area contributed by atoms with Gasteiger partial charge in [0, 0.05) is 13.0 Å². The Hall–Kier alpha value is -2.35. The van der Waals surface area contributed by atoms with E-state index in [1.54, 1.807) is 4.68 Å². The van der Waals surface area contributed by atoms with E-state index in [2.05, 4.69) is 26.8 Å². The summed E-state index contributed by atoms with van der Waals surface area (Å²) in [7, 11) is 0. The number of para-hydroxylation sites is 1. The number of aromatic nitrogens is 4. The number of anilines is 1. The molecule has 2 aromatic rings. The monoisotopic (exact) mass is 213 g/mol. The van der Waals surface area contributed by atoms with Crippen molar-refractivity contribution in [2.75, 3.05) is 11.9 Å². The third kappa shape index (κ3) is 2.17. The number of terminal acetylenes is 1. The maximum atomic E-state index is 5.17. The first-order valence-corrected chi connectivity index (χ1v) is 4.93. The van der Waals surface area contributed by atoms with Gasteiger partial charge in [-0.2, -0.15) is 4.68 Å². The van der Waals surface area contributed by atoms with Crippen LogP contribution < -0.4 is 5.32 Å². The summed E-state index contributed by atoms with van der Waals surface area (Å²) in [5.41, 5.74) is 0.913. The van der Waals surface area contributed by atoms with Crippen LogP contribution in [0.2, 0.25) is 0 Å². The zero-order valence-electron chi connectivity index (χ0n) is 8.67. The highest BCUT2D eigenvalue weighted by Crippen LogP contribution is 2.09. The average molecular weight is 213 g/mol. The highest BCUT2D eigenvalue weighted by molar-refractivity contribution is 5.38. The molecule has 0 saturated carbocycles. The summed E-state index contributed by atoms with van der Waals surface area (Å²) < 4.78 is 1.64. The Bertz CT molecular complexity index is 483. The summed E-state index contributed by atoms with van der Waals surface area (Å²) in [5, 5.41) is 14.5. The number of benzene rings is 1. The van der Waals surface area contributed by atoms with E-state index in [0.717, 1.165) is 5.69 Å². The first-order chi connectivity index (χ1) is 7.92. The van der Waals surface area contributed by atoms with Crippen molar-refractivity contribution in [3.63, 3.8) is 0 Å². The van der Waals surface area contributed by atoms with Crippen molar-refractivity contribution >= 4 is 5.95 Å². The van der Waals surface area contributed by atoms with Crippen LogP contribution >= 0.6 is 0 Å². The smallest absolute Gasteiger partial charge is 0.247 e. The van der Waals surface area contributed by atoms with Crippen LogP contribution in [0.25, 0.3) is 5.69 Å². The molecule has 1 heterocycles. The van der Waals surface area contributed by atoms with E-state index in [9.17, 15) is 0 Å². The molecule has 0 spiro atoms. The quantitative estimate of drug-likeness (QED) is 0.610. The van der Waals surface area contributed by atoms with Gasteiger partial charge in [-0.25, -0.2) is 0 Å². The minimum Gasteiger partial charge on any atom is -0.352 e. The second-order valence-electron chi connectivity index (χ2n) is 3.13. The highest BCUT2D eigenvalue weighted by atomic mass is 15.6. The fourth-order valence-corrected chi connectivity index (χ4v) is 1.29. The molecule has 0 aliphatic heterocycles. The molecule has 1 N–H and O–H groups in total. The lowest BCUT2D eigenvalue weighted by molar-refractivity contribution is 0.789. The SMILES string of the molecule is C#CCCNc1nnnn1-c1ccccc1. The Kier molecular flexibility index (Phi) is 3.14. The van der Waals surface area contributed by atoms with Gasteiger partial charge in [0.05, 0.1) is 5.69 Å². The van der Waals surface area contributed by atoms with Crippen molar-refractivity contribution < 1.29 is 0 Å². The standard InChI is InChI=1S/C11H11N5/c1-2-3-9-12-11-13-14-15-16(11)10-7-5-4-6-8-10/h1,4-8H,3,9H2,(H,12,13,15). The molecule has 0 aliphatic rings. The topological polar surface area (TPSA) is 55.6 Å². The molecule has 0 radical (unpaired) electrons. The van der Waals surface area contributed by atoms with Gasteiger partial charge in [0.25, 0.3) is 0 Å². The molecule has 80 valence electrons. The van der Waals surface area contributed by atoms with Gasteiger partial charge >= 0.3 is 0 Å². The molecule has 0 saturated heterocycles. The minimum atomic E-state index is 0.599. The van der Waals surface area contributed by atoms with Gasteiger partial charge in [-0.1, -0.05) is 23.3 Å². The van der Waals surface area contributed by atoms with Gasteiger partial charge in [0.1, 0.15) is 0 Å². The van der Waals surface area contributed by atoms with Crippen LogP contribution in [0.4, 0.5) is 5.95 Å². The molecule has 0 atom stereocenters. The second-order valence-corrected chi connectivity index (χ2v) is 3.13. The molecule has 0 bridgehead atoms. The first-order valence-electron chi connectivity index (χ1n) is 4.93. The molecule has 5 heteroatoms. The van der Waals surface area contributed by atoms with E-state index in [1.165, 1.54) is 0 Å². The Morgan fingerprint density at radius 3 is 2.88 bits per heavy atom. The van der Waals surface area contributed by atoms with E-state index in [0.29, 0.717) is 18.9 Å². The van der Waals surface area contributed by atoms with E-state index in [1.807, 2.05) is 30.3 Å². The zero-order chi connectivity index (χ0) is 11.2. The van der Waals surface area contributed by atoms with Crippen molar-refractivity contribution in [3.05, 3.63) is 30.3 Å². The molecule has 0 aliphatic carbocycles. The van der Waals surface area contributed by atoms with Crippen LogP contribution in [-0.4, -0.2) is 26.8 Å². The lowest BCUT2D eigenvalue weighted by atomic mass is 10.3. The van der Waals surface area contributed by atoms with Crippen molar-refractivity contribution in [1.29, 1.82) is 0 Å². The van der Waals surface area contributed by atoms with Gasteiger partial charge < -0.3 is 5.32 Å². The second kappa shape index (κ2) is 4.94. The number of nitrogens with one attached hydrogen (secondary N) is 1. The van der Waals surface area contributed by atoms with Gasteiger partial charge in [-0.15, -0.1) is 12.3 Å². The third-order valence-corrected chi connectivity index (χ3v) is 2.02. The van der Waals surface area contributed by atoms with Gasteiger partial charge in [-0.3, -0.25) is 0 Å². The van der Waals surface area contributed by atoms with Crippen LogP contribution in [0.1, 0.15) is 6.42 Å². The maximum Gasteiger partial charge on any atom is 0.247 e. The number of hydrogen-bond donors (Lipinski definition) is 1. The highest BCUT2D eigenvalue weighted by Gasteiger charge is 2.05. The number of hydrogen-bond acceptors (Lipinski definition) is 4. The van der Waals surface area contributed by atoms with E-state index in [4.69, 9.17) is 6.42 Å². The average Bonchev–Trinajstić information content (AvgIpc) is 2.79. The Morgan fingerprint density at radius 1 is 1.31 bits per heavy atom. The minimum absolute atomic E-state index is 0.599. The molecule has 1 aromatic heterocycles. The molecule has 0 unspecified atom stereocenters. The van der Waals surface area contributed by atoms with E-state index in [-0.39, 0.29) is 0 Å². The Morgan fingerprint density at radius 2 is 2.12 bits per heavy atom. The predicted molar refractivity (Wildman–Crippen MR) is 61.1 cm³/mol.